The molecule has 0 aliphatic heterocycles. The lowest BCUT2D eigenvalue weighted by Crippen LogP contribution is -2.53. The number of nitrogens with one attached hydrogen (secondary N) is 3. The van der Waals surface area contributed by atoms with E-state index in [9.17, 15) is 23.1 Å². The van der Waals surface area contributed by atoms with Gasteiger partial charge in [-0.25, -0.2) is 9.97 Å². The number of hydrogen-bond donors (Lipinski definition) is 4. The van der Waals surface area contributed by atoms with Crippen molar-refractivity contribution in [3.8, 4) is 0 Å². The number of halogens is 3. The van der Waals surface area contributed by atoms with Gasteiger partial charge in [0.2, 0.25) is 5.91 Å². The van der Waals surface area contributed by atoms with E-state index < -0.39 is 11.7 Å². The van der Waals surface area contributed by atoms with Crippen LogP contribution in [0.4, 0.5) is 19.0 Å². The Labute approximate surface area is 185 Å². The van der Waals surface area contributed by atoms with Crippen LogP contribution in [0.2, 0.25) is 0 Å². The highest BCUT2D eigenvalue weighted by atomic mass is 19.4. The number of anilines is 1. The molecule has 0 bridgehead atoms. The summed E-state index contributed by atoms with van der Waals surface area (Å²) in [6.07, 6.45) is -0.887. The number of carbonyl (C=O) groups excluding carboxylic acids is 1. The van der Waals surface area contributed by atoms with E-state index in [0.717, 1.165) is 31.4 Å². The summed E-state index contributed by atoms with van der Waals surface area (Å²) in [5, 5.41) is 19.3. The Morgan fingerprint density at radius 2 is 1.94 bits per heavy atom. The molecule has 1 aliphatic rings. The fraction of sp³-hybridized carbons (Fsp3) is 0.591. The number of amides is 1. The molecule has 176 valence electrons. The molecule has 3 unspecified atom stereocenters. The molecule has 1 saturated carbocycles. The summed E-state index contributed by atoms with van der Waals surface area (Å²) in [6.45, 7) is 6.09. The Kier molecular flexibility index (Phi) is 7.24. The van der Waals surface area contributed by atoms with Crippen LogP contribution in [0, 0.1) is 5.92 Å². The molecule has 3 atom stereocenters. The van der Waals surface area contributed by atoms with Crippen molar-refractivity contribution in [1.82, 2.24) is 20.6 Å². The normalized spacial score (nSPS) is 22.0. The summed E-state index contributed by atoms with van der Waals surface area (Å²) in [5.41, 5.74) is -0.489. The van der Waals surface area contributed by atoms with Crippen LogP contribution in [0.1, 0.15) is 45.6 Å². The van der Waals surface area contributed by atoms with Gasteiger partial charge in [0.05, 0.1) is 17.6 Å². The van der Waals surface area contributed by atoms with Crippen molar-refractivity contribution in [2.45, 2.75) is 63.8 Å². The Hall–Kier alpha value is -2.46. The summed E-state index contributed by atoms with van der Waals surface area (Å²) >= 11 is 0. The zero-order valence-corrected chi connectivity index (χ0v) is 18.5. The number of nitrogens with zero attached hydrogens (tertiary/aromatic N) is 2. The van der Waals surface area contributed by atoms with Crippen molar-refractivity contribution in [2.24, 2.45) is 5.92 Å². The van der Waals surface area contributed by atoms with Crippen LogP contribution in [0.15, 0.2) is 24.5 Å². The van der Waals surface area contributed by atoms with Crippen molar-refractivity contribution in [3.63, 3.8) is 0 Å². The Morgan fingerprint density at radius 1 is 1.19 bits per heavy atom. The number of fused-ring (bicyclic) bond motifs is 1. The van der Waals surface area contributed by atoms with Crippen molar-refractivity contribution >= 4 is 22.6 Å². The molecule has 1 aliphatic carbocycles. The smallest absolute Gasteiger partial charge is 0.396 e. The summed E-state index contributed by atoms with van der Waals surface area (Å²) < 4.78 is 39.2. The lowest BCUT2D eigenvalue weighted by atomic mass is 9.81. The fourth-order valence-electron chi connectivity index (χ4n) is 4.19. The van der Waals surface area contributed by atoms with Gasteiger partial charge in [-0.3, -0.25) is 4.79 Å². The van der Waals surface area contributed by atoms with Gasteiger partial charge in [-0.05, 0) is 58.2 Å². The maximum atomic E-state index is 13.1. The third-order valence-corrected chi connectivity index (χ3v) is 5.58. The van der Waals surface area contributed by atoms with E-state index in [4.69, 9.17) is 0 Å². The number of aliphatic hydroxyl groups is 1. The van der Waals surface area contributed by atoms with Gasteiger partial charge >= 0.3 is 6.18 Å². The number of benzene rings is 1. The average molecular weight is 454 g/mol. The summed E-state index contributed by atoms with van der Waals surface area (Å²) in [7, 11) is 0. The van der Waals surface area contributed by atoms with Gasteiger partial charge in [-0.15, -0.1) is 0 Å². The average Bonchev–Trinajstić information content (AvgIpc) is 2.71. The molecule has 1 aromatic heterocycles. The number of carbonyl (C=O) groups is 1. The van der Waals surface area contributed by atoms with E-state index in [1.165, 1.54) is 12.4 Å². The highest BCUT2D eigenvalue weighted by Crippen LogP contribution is 2.32. The first kappa shape index (κ1) is 24.2. The molecule has 0 radical (unpaired) electrons. The zero-order valence-electron chi connectivity index (χ0n) is 18.5. The van der Waals surface area contributed by atoms with Crippen molar-refractivity contribution in [2.75, 3.05) is 18.5 Å². The molecule has 7 nitrogen and oxygen atoms in total. The second kappa shape index (κ2) is 9.58. The van der Waals surface area contributed by atoms with Crippen LogP contribution in [0.25, 0.3) is 10.9 Å². The minimum atomic E-state index is -4.49. The molecule has 1 fully saturated rings. The van der Waals surface area contributed by atoms with E-state index in [2.05, 4.69) is 46.7 Å². The molecule has 4 N–H and O–H groups in total. The Bertz CT molecular complexity index is 945. The predicted octanol–water partition coefficient (Wildman–Crippen LogP) is 3.09. The number of hydrogen-bond acceptors (Lipinski definition) is 6. The molecule has 1 aromatic carbocycles. The predicted molar refractivity (Wildman–Crippen MR) is 116 cm³/mol. The Balaban J connectivity index is 1.62. The maximum Gasteiger partial charge on any atom is 0.416 e. The highest BCUT2D eigenvalue weighted by molar-refractivity contribution is 5.91. The highest BCUT2D eigenvalue weighted by Gasteiger charge is 2.33. The zero-order chi connectivity index (χ0) is 23.5. The summed E-state index contributed by atoms with van der Waals surface area (Å²) in [4.78, 5) is 20.5. The molecule has 10 heteroatoms. The van der Waals surface area contributed by atoms with Crippen LogP contribution in [-0.2, 0) is 11.0 Å². The van der Waals surface area contributed by atoms with Crippen LogP contribution >= 0.6 is 0 Å². The van der Waals surface area contributed by atoms with Crippen LogP contribution in [0.3, 0.4) is 0 Å². The molecule has 1 amide bonds. The van der Waals surface area contributed by atoms with Crippen LogP contribution < -0.4 is 16.0 Å². The lowest BCUT2D eigenvalue weighted by Gasteiger charge is -2.39. The largest absolute Gasteiger partial charge is 0.416 e. The van der Waals surface area contributed by atoms with Gasteiger partial charge < -0.3 is 21.1 Å². The van der Waals surface area contributed by atoms with E-state index in [1.54, 1.807) is 0 Å². The van der Waals surface area contributed by atoms with E-state index >= 15 is 0 Å². The maximum absolute atomic E-state index is 13.1. The van der Waals surface area contributed by atoms with Gasteiger partial charge in [0.1, 0.15) is 12.1 Å². The quantitative estimate of drug-likeness (QED) is 0.537. The molecule has 0 saturated heterocycles. The SMILES string of the molecule is CC(C)(C)NC1CCC(NC(=O)CNc2ncnc3ccc(C(F)(F)F)cc23)C(CO)C1. The lowest BCUT2D eigenvalue weighted by molar-refractivity contribution is -0.137. The van der Waals surface area contributed by atoms with Gasteiger partial charge in [0.25, 0.3) is 0 Å². The molecule has 32 heavy (non-hydrogen) atoms. The molecule has 3 rings (SSSR count). The second-order valence-electron chi connectivity index (χ2n) is 9.33. The fourth-order valence-corrected chi connectivity index (χ4v) is 4.19. The minimum absolute atomic E-state index is 0.0303. The third kappa shape index (κ3) is 6.29. The summed E-state index contributed by atoms with van der Waals surface area (Å²) in [5.74, 6) is -0.218. The number of aromatic nitrogens is 2. The van der Waals surface area contributed by atoms with E-state index in [1.807, 2.05) is 0 Å². The van der Waals surface area contributed by atoms with Crippen molar-refractivity contribution in [3.05, 3.63) is 30.1 Å². The van der Waals surface area contributed by atoms with Crippen molar-refractivity contribution in [1.29, 1.82) is 0 Å². The van der Waals surface area contributed by atoms with E-state index in [0.29, 0.717) is 5.52 Å². The molecule has 1 heterocycles. The molecule has 0 spiro atoms. The molecular formula is C22H30F3N5O2. The number of rotatable bonds is 6. The van der Waals surface area contributed by atoms with Gasteiger partial charge in [0.15, 0.2) is 0 Å². The Morgan fingerprint density at radius 3 is 2.59 bits per heavy atom. The number of aliphatic hydroxyl groups excluding tert-OH is 1. The monoisotopic (exact) mass is 453 g/mol. The van der Waals surface area contributed by atoms with E-state index in [-0.39, 0.29) is 53.8 Å². The van der Waals surface area contributed by atoms with Crippen LogP contribution in [-0.4, -0.2) is 51.8 Å². The van der Waals surface area contributed by atoms with Crippen LogP contribution in [0.5, 0.6) is 0 Å². The van der Waals surface area contributed by atoms with Crippen molar-refractivity contribution < 1.29 is 23.1 Å². The minimum Gasteiger partial charge on any atom is -0.396 e. The first-order valence-electron chi connectivity index (χ1n) is 10.7. The topological polar surface area (TPSA) is 99.2 Å². The second-order valence-corrected chi connectivity index (χ2v) is 9.33. The van der Waals surface area contributed by atoms with Gasteiger partial charge in [0, 0.05) is 35.5 Å². The van der Waals surface area contributed by atoms with Gasteiger partial charge in [-0.1, -0.05) is 0 Å². The molecule has 2 aromatic rings. The standard InChI is InChI=1S/C22H30F3N5O2/c1-21(2,3)30-15-5-7-17(13(8-15)11-31)29-19(32)10-26-20-16-9-14(22(23,24)25)4-6-18(16)27-12-28-20/h4,6,9,12-13,15,17,30-31H,5,7-8,10-11H2,1-3H3,(H,29,32)(H,26,27,28). The molecular weight excluding hydrogens is 423 g/mol. The number of alkyl halides is 3. The first-order valence-corrected chi connectivity index (χ1v) is 10.7. The third-order valence-electron chi connectivity index (χ3n) is 5.58. The summed E-state index contributed by atoms with van der Waals surface area (Å²) in [6, 6.07) is 3.33. The first-order chi connectivity index (χ1) is 15.0. The van der Waals surface area contributed by atoms with Gasteiger partial charge in [-0.2, -0.15) is 13.2 Å².